The number of hydrogen-bond acceptors (Lipinski definition) is 6. The van der Waals surface area contributed by atoms with E-state index in [0.29, 0.717) is 13.2 Å². The molecule has 1 aromatic carbocycles. The van der Waals surface area contributed by atoms with Gasteiger partial charge in [0.05, 0.1) is 31.9 Å². The fourth-order valence-corrected chi connectivity index (χ4v) is 2.54. The first-order valence-corrected chi connectivity index (χ1v) is 8.17. The highest BCUT2D eigenvalue weighted by Crippen LogP contribution is 2.10. The quantitative estimate of drug-likeness (QED) is 0.562. The van der Waals surface area contributed by atoms with Crippen molar-refractivity contribution in [1.82, 2.24) is 4.90 Å². The predicted molar refractivity (Wildman–Crippen MR) is 90.6 cm³/mol. The Bertz CT molecular complexity index is 583. The van der Waals surface area contributed by atoms with Crippen molar-refractivity contribution in [3.8, 4) is 6.07 Å². The lowest BCUT2D eigenvalue weighted by Crippen LogP contribution is -2.43. The van der Waals surface area contributed by atoms with Crippen LogP contribution in [0.2, 0.25) is 0 Å². The Morgan fingerprint density at radius 3 is 3.04 bits per heavy atom. The average Bonchev–Trinajstić information content (AvgIpc) is 2.60. The second-order valence-corrected chi connectivity index (χ2v) is 5.59. The third-order valence-electron chi connectivity index (χ3n) is 3.72. The van der Waals surface area contributed by atoms with Crippen LogP contribution >= 0.6 is 0 Å². The number of nitrogens with zero attached hydrogens (tertiary/aromatic N) is 3. The van der Waals surface area contributed by atoms with Gasteiger partial charge in [-0.3, -0.25) is 14.7 Å². The minimum atomic E-state index is -0.950. The topological polar surface area (TPSA) is 74.9 Å². The van der Waals surface area contributed by atoms with Crippen molar-refractivity contribution in [3.05, 3.63) is 35.9 Å². The van der Waals surface area contributed by atoms with Crippen LogP contribution in [0, 0.1) is 17.2 Å². The van der Waals surface area contributed by atoms with Crippen LogP contribution in [-0.2, 0) is 20.8 Å². The zero-order valence-corrected chi connectivity index (χ0v) is 13.9. The molecule has 0 aliphatic carbocycles. The number of hydrogen-bond donors (Lipinski definition) is 0. The van der Waals surface area contributed by atoms with E-state index in [0.717, 1.165) is 19.6 Å². The van der Waals surface area contributed by atoms with E-state index < -0.39 is 11.9 Å². The molecule has 0 aromatic heterocycles. The monoisotopic (exact) mass is 329 g/mol. The van der Waals surface area contributed by atoms with Crippen LogP contribution in [0.5, 0.6) is 0 Å². The van der Waals surface area contributed by atoms with E-state index in [4.69, 9.17) is 14.7 Å². The molecule has 1 aromatic rings. The van der Waals surface area contributed by atoms with E-state index >= 15 is 0 Å². The molecule has 0 unspecified atom stereocenters. The first-order chi connectivity index (χ1) is 11.7. The maximum absolute atomic E-state index is 11.5. The summed E-state index contributed by atoms with van der Waals surface area (Å²) in [6.07, 6.45) is 1.33. The second-order valence-electron chi connectivity index (χ2n) is 5.59. The van der Waals surface area contributed by atoms with Crippen molar-refractivity contribution in [2.45, 2.75) is 19.6 Å². The van der Waals surface area contributed by atoms with E-state index in [-0.39, 0.29) is 12.7 Å². The van der Waals surface area contributed by atoms with E-state index in [1.54, 1.807) is 6.92 Å². The molecular formula is C18H23N3O3. The van der Waals surface area contributed by atoms with Crippen molar-refractivity contribution < 1.29 is 14.3 Å². The van der Waals surface area contributed by atoms with E-state index in [1.165, 1.54) is 11.8 Å². The van der Waals surface area contributed by atoms with Crippen LogP contribution in [-0.4, -0.2) is 56.0 Å². The number of ether oxygens (including phenoxy) is 2. The third kappa shape index (κ3) is 5.76. The molecule has 6 nitrogen and oxygen atoms in total. The van der Waals surface area contributed by atoms with Gasteiger partial charge < -0.3 is 9.47 Å². The first-order valence-electron chi connectivity index (χ1n) is 8.17. The normalized spacial score (nSPS) is 19.8. The zero-order chi connectivity index (χ0) is 17.2. The summed E-state index contributed by atoms with van der Waals surface area (Å²) in [6, 6.07) is 12.2. The van der Waals surface area contributed by atoms with Gasteiger partial charge in [0.1, 0.15) is 0 Å². The highest BCUT2D eigenvalue weighted by molar-refractivity contribution is 5.92. The molecule has 1 aliphatic heterocycles. The van der Waals surface area contributed by atoms with Gasteiger partial charge in [0.15, 0.2) is 5.92 Å². The number of rotatable bonds is 7. The van der Waals surface area contributed by atoms with Crippen molar-refractivity contribution in [2.75, 3.05) is 32.8 Å². The summed E-state index contributed by atoms with van der Waals surface area (Å²) >= 11 is 0. The first kappa shape index (κ1) is 18.1. The van der Waals surface area contributed by atoms with Gasteiger partial charge in [-0.15, -0.1) is 0 Å². The molecule has 1 fully saturated rings. The summed E-state index contributed by atoms with van der Waals surface area (Å²) in [5, 5.41) is 8.98. The Morgan fingerprint density at radius 1 is 1.54 bits per heavy atom. The highest BCUT2D eigenvalue weighted by Gasteiger charge is 2.21. The lowest BCUT2D eigenvalue weighted by atomic mass is 10.2. The molecule has 6 heteroatoms. The third-order valence-corrected chi connectivity index (χ3v) is 3.72. The van der Waals surface area contributed by atoms with Crippen LogP contribution in [0.4, 0.5) is 0 Å². The van der Waals surface area contributed by atoms with E-state index in [1.807, 2.05) is 24.3 Å². The summed E-state index contributed by atoms with van der Waals surface area (Å²) in [7, 11) is 0. The summed E-state index contributed by atoms with van der Waals surface area (Å²) in [5.41, 5.74) is 1.27. The number of nitriles is 1. The lowest BCUT2D eigenvalue weighted by Gasteiger charge is -2.32. The summed E-state index contributed by atoms with van der Waals surface area (Å²) in [6.45, 7) is 5.61. The number of morpholine rings is 1. The Labute approximate surface area is 142 Å². The van der Waals surface area contributed by atoms with Crippen molar-refractivity contribution in [3.63, 3.8) is 0 Å². The standard InChI is InChI=1S/C18H23N3O3/c1-2-23-18(22)16(10-19)11-20-12-17-14-21(8-9-24-17)13-15-6-4-3-5-7-15/h3-7,11,16-17H,2,8-9,12-14H2,1H3/t16-,17-/m0/s1. The van der Waals surface area contributed by atoms with Crippen LogP contribution in [0.1, 0.15) is 12.5 Å². The van der Waals surface area contributed by atoms with Crippen LogP contribution in [0.3, 0.4) is 0 Å². The molecule has 0 bridgehead atoms. The number of carbonyl (C=O) groups excluding carboxylic acids is 1. The van der Waals surface area contributed by atoms with Gasteiger partial charge in [-0.05, 0) is 12.5 Å². The van der Waals surface area contributed by atoms with Crippen LogP contribution in [0.25, 0.3) is 0 Å². The molecule has 2 atom stereocenters. The van der Waals surface area contributed by atoms with Crippen LogP contribution in [0.15, 0.2) is 35.3 Å². The van der Waals surface area contributed by atoms with Gasteiger partial charge in [0.25, 0.3) is 0 Å². The molecule has 0 spiro atoms. The molecular weight excluding hydrogens is 306 g/mol. The van der Waals surface area contributed by atoms with E-state index in [2.05, 4.69) is 22.0 Å². The zero-order valence-electron chi connectivity index (χ0n) is 13.9. The molecule has 2 rings (SSSR count). The van der Waals surface area contributed by atoms with Gasteiger partial charge in [0, 0.05) is 25.8 Å². The van der Waals surface area contributed by atoms with Gasteiger partial charge in [-0.1, -0.05) is 30.3 Å². The summed E-state index contributed by atoms with van der Waals surface area (Å²) in [5.74, 6) is -1.51. The molecule has 0 N–H and O–H groups in total. The Morgan fingerprint density at radius 2 is 2.33 bits per heavy atom. The maximum Gasteiger partial charge on any atom is 0.328 e. The van der Waals surface area contributed by atoms with Crippen molar-refractivity contribution in [1.29, 1.82) is 5.26 Å². The predicted octanol–water partition coefficient (Wildman–Crippen LogP) is 1.66. The molecule has 1 heterocycles. The molecule has 0 amide bonds. The van der Waals surface area contributed by atoms with Gasteiger partial charge in [-0.2, -0.15) is 5.26 Å². The molecule has 128 valence electrons. The Balaban J connectivity index is 1.81. The number of carbonyl (C=O) groups is 1. The van der Waals surface area contributed by atoms with Crippen molar-refractivity contribution >= 4 is 12.2 Å². The molecule has 0 saturated carbocycles. The number of esters is 1. The highest BCUT2D eigenvalue weighted by atomic mass is 16.5. The van der Waals surface area contributed by atoms with Crippen molar-refractivity contribution in [2.24, 2.45) is 10.9 Å². The minimum Gasteiger partial charge on any atom is -0.465 e. The number of benzene rings is 1. The lowest BCUT2D eigenvalue weighted by molar-refractivity contribution is -0.143. The smallest absolute Gasteiger partial charge is 0.328 e. The summed E-state index contributed by atoms with van der Waals surface area (Å²) in [4.78, 5) is 18.1. The fraction of sp³-hybridized carbons (Fsp3) is 0.500. The second kappa shape index (κ2) is 9.81. The fourth-order valence-electron chi connectivity index (χ4n) is 2.54. The Hall–Kier alpha value is -2.23. The number of aliphatic imine (C=N–C) groups is 1. The van der Waals surface area contributed by atoms with Crippen LogP contribution < -0.4 is 0 Å². The molecule has 24 heavy (non-hydrogen) atoms. The van der Waals surface area contributed by atoms with E-state index in [9.17, 15) is 4.79 Å². The average molecular weight is 329 g/mol. The molecule has 0 radical (unpaired) electrons. The molecule has 1 aliphatic rings. The Kier molecular flexibility index (Phi) is 7.40. The van der Waals surface area contributed by atoms with Gasteiger partial charge in [-0.25, -0.2) is 0 Å². The SMILES string of the molecule is CCOC(=O)[C@@H](C#N)C=NC[C@H]1CN(Cc2ccccc2)CCO1. The maximum atomic E-state index is 11.5. The van der Waals surface area contributed by atoms with Gasteiger partial charge >= 0.3 is 5.97 Å². The summed E-state index contributed by atoms with van der Waals surface area (Å²) < 4.78 is 10.5. The minimum absolute atomic E-state index is 0.0275. The largest absolute Gasteiger partial charge is 0.465 e. The van der Waals surface area contributed by atoms with Gasteiger partial charge in [0.2, 0.25) is 0 Å². The molecule has 1 saturated heterocycles.